The SMILES string of the molecule is O=C(c1ccc(Cl)cc1-n1cnnn1)N1CCCCC1. The van der Waals surface area contributed by atoms with Gasteiger partial charge in [-0.3, -0.25) is 4.79 Å². The van der Waals surface area contributed by atoms with Crippen LogP contribution in [0.3, 0.4) is 0 Å². The molecule has 0 spiro atoms. The van der Waals surface area contributed by atoms with E-state index in [1.807, 2.05) is 4.90 Å². The first kappa shape index (κ1) is 13.1. The molecule has 104 valence electrons. The zero-order valence-corrected chi connectivity index (χ0v) is 11.6. The third-order valence-corrected chi connectivity index (χ3v) is 3.66. The van der Waals surface area contributed by atoms with Crippen LogP contribution in [-0.4, -0.2) is 44.1 Å². The summed E-state index contributed by atoms with van der Waals surface area (Å²) in [5.74, 6) is 0.00636. The van der Waals surface area contributed by atoms with Crippen LogP contribution in [0.5, 0.6) is 0 Å². The molecule has 6 nitrogen and oxygen atoms in total. The summed E-state index contributed by atoms with van der Waals surface area (Å²) in [6.07, 6.45) is 4.75. The zero-order chi connectivity index (χ0) is 13.9. The second-order valence-electron chi connectivity index (χ2n) is 4.77. The molecule has 0 atom stereocenters. The number of piperidine rings is 1. The van der Waals surface area contributed by atoms with Crippen molar-refractivity contribution in [2.24, 2.45) is 0 Å². The van der Waals surface area contributed by atoms with Crippen molar-refractivity contribution in [1.82, 2.24) is 25.1 Å². The second kappa shape index (κ2) is 5.58. The summed E-state index contributed by atoms with van der Waals surface area (Å²) in [6.45, 7) is 1.60. The van der Waals surface area contributed by atoms with Gasteiger partial charge in [0, 0.05) is 18.1 Å². The quantitative estimate of drug-likeness (QED) is 0.848. The van der Waals surface area contributed by atoms with E-state index in [0.717, 1.165) is 25.9 Å². The summed E-state index contributed by atoms with van der Waals surface area (Å²) in [5.41, 5.74) is 1.18. The van der Waals surface area contributed by atoms with Gasteiger partial charge in [-0.2, -0.15) is 4.68 Å². The lowest BCUT2D eigenvalue weighted by Gasteiger charge is -2.27. The van der Waals surface area contributed by atoms with Crippen LogP contribution in [-0.2, 0) is 0 Å². The molecule has 0 saturated carbocycles. The average Bonchev–Trinajstić information content (AvgIpc) is 3.01. The number of carbonyl (C=O) groups is 1. The van der Waals surface area contributed by atoms with Crippen LogP contribution < -0.4 is 0 Å². The normalized spacial score (nSPS) is 15.3. The maximum absolute atomic E-state index is 12.6. The number of hydrogen-bond acceptors (Lipinski definition) is 4. The van der Waals surface area contributed by atoms with Gasteiger partial charge in [-0.05, 0) is 47.9 Å². The third-order valence-electron chi connectivity index (χ3n) is 3.43. The molecule has 7 heteroatoms. The van der Waals surface area contributed by atoms with Gasteiger partial charge in [-0.15, -0.1) is 5.10 Å². The van der Waals surface area contributed by atoms with Gasteiger partial charge in [0.05, 0.1) is 11.3 Å². The number of carbonyl (C=O) groups excluding carboxylic acids is 1. The Kier molecular flexibility index (Phi) is 3.64. The van der Waals surface area contributed by atoms with E-state index in [1.165, 1.54) is 17.4 Å². The molecule has 0 N–H and O–H groups in total. The molecule has 0 unspecified atom stereocenters. The van der Waals surface area contributed by atoms with Crippen LogP contribution in [0.1, 0.15) is 29.6 Å². The van der Waals surface area contributed by atoms with E-state index in [9.17, 15) is 4.79 Å². The minimum Gasteiger partial charge on any atom is -0.339 e. The van der Waals surface area contributed by atoms with E-state index < -0.39 is 0 Å². The van der Waals surface area contributed by atoms with E-state index in [-0.39, 0.29) is 5.91 Å². The van der Waals surface area contributed by atoms with Crippen LogP contribution in [0.25, 0.3) is 5.69 Å². The number of amides is 1. The molecular weight excluding hydrogens is 278 g/mol. The fourth-order valence-electron chi connectivity index (χ4n) is 2.41. The molecule has 0 bridgehead atoms. The van der Waals surface area contributed by atoms with Gasteiger partial charge >= 0.3 is 0 Å². The molecule has 2 aromatic rings. The van der Waals surface area contributed by atoms with Crippen LogP contribution >= 0.6 is 11.6 Å². The second-order valence-corrected chi connectivity index (χ2v) is 5.21. The van der Waals surface area contributed by atoms with Crippen molar-refractivity contribution in [3.63, 3.8) is 0 Å². The molecule has 20 heavy (non-hydrogen) atoms. The molecule has 1 aliphatic heterocycles. The number of likely N-dealkylation sites (tertiary alicyclic amines) is 1. The third kappa shape index (κ3) is 2.51. The monoisotopic (exact) mass is 291 g/mol. The van der Waals surface area contributed by atoms with Gasteiger partial charge in [0.25, 0.3) is 5.91 Å². The Balaban J connectivity index is 1.98. The van der Waals surface area contributed by atoms with Crippen molar-refractivity contribution in [3.8, 4) is 5.69 Å². The first-order valence-corrected chi connectivity index (χ1v) is 6.96. The maximum atomic E-state index is 12.6. The molecule has 3 rings (SSSR count). The van der Waals surface area contributed by atoms with Gasteiger partial charge in [0.2, 0.25) is 0 Å². The van der Waals surface area contributed by atoms with Gasteiger partial charge < -0.3 is 4.90 Å². The fraction of sp³-hybridized carbons (Fsp3) is 0.385. The summed E-state index contributed by atoms with van der Waals surface area (Å²) in [5, 5.41) is 11.6. The van der Waals surface area contributed by atoms with Crippen LogP contribution in [0, 0.1) is 0 Å². The minimum atomic E-state index is 0.00636. The molecule has 0 radical (unpaired) electrons. The number of nitrogens with zero attached hydrogens (tertiary/aromatic N) is 5. The molecular formula is C13H14ClN5O. The Bertz CT molecular complexity index is 607. The largest absolute Gasteiger partial charge is 0.339 e. The summed E-state index contributed by atoms with van der Waals surface area (Å²) in [4.78, 5) is 14.5. The van der Waals surface area contributed by atoms with E-state index in [2.05, 4.69) is 15.5 Å². The summed E-state index contributed by atoms with van der Waals surface area (Å²) in [6, 6.07) is 5.15. The summed E-state index contributed by atoms with van der Waals surface area (Å²) in [7, 11) is 0. The van der Waals surface area contributed by atoms with E-state index in [1.54, 1.807) is 18.2 Å². The van der Waals surface area contributed by atoms with Crippen molar-refractivity contribution < 1.29 is 4.79 Å². The van der Waals surface area contributed by atoms with E-state index >= 15 is 0 Å². The van der Waals surface area contributed by atoms with Crippen molar-refractivity contribution in [3.05, 3.63) is 35.1 Å². The maximum Gasteiger partial charge on any atom is 0.256 e. The van der Waals surface area contributed by atoms with E-state index in [0.29, 0.717) is 16.3 Å². The summed E-state index contributed by atoms with van der Waals surface area (Å²) >= 11 is 6.02. The van der Waals surface area contributed by atoms with Gasteiger partial charge in [-0.25, -0.2) is 0 Å². The number of tetrazole rings is 1. The molecule has 1 saturated heterocycles. The van der Waals surface area contributed by atoms with Crippen LogP contribution in [0.4, 0.5) is 0 Å². The number of halogens is 1. The first-order chi connectivity index (χ1) is 9.75. The highest BCUT2D eigenvalue weighted by Gasteiger charge is 2.22. The smallest absolute Gasteiger partial charge is 0.256 e. The van der Waals surface area contributed by atoms with Gasteiger partial charge in [0.1, 0.15) is 6.33 Å². The average molecular weight is 292 g/mol. The predicted octanol–water partition coefficient (Wildman–Crippen LogP) is 1.94. The standard InChI is InChI=1S/C13H14ClN5O/c14-10-4-5-11(12(8-10)19-9-15-16-17-19)13(20)18-6-2-1-3-7-18/h4-5,8-9H,1-3,6-7H2. The van der Waals surface area contributed by atoms with E-state index in [4.69, 9.17) is 11.6 Å². The molecule has 1 aliphatic rings. The molecule has 1 aromatic heterocycles. The highest BCUT2D eigenvalue weighted by Crippen LogP contribution is 2.22. The summed E-state index contributed by atoms with van der Waals surface area (Å²) < 4.78 is 1.46. The van der Waals surface area contributed by atoms with Crippen LogP contribution in [0.2, 0.25) is 5.02 Å². The molecule has 1 amide bonds. The number of rotatable bonds is 2. The molecule has 1 fully saturated rings. The Morgan fingerprint density at radius 2 is 2.00 bits per heavy atom. The minimum absolute atomic E-state index is 0.00636. The fourth-order valence-corrected chi connectivity index (χ4v) is 2.58. The van der Waals surface area contributed by atoms with Crippen molar-refractivity contribution >= 4 is 17.5 Å². The molecule has 2 heterocycles. The Hall–Kier alpha value is -1.95. The van der Waals surface area contributed by atoms with Crippen LogP contribution in [0.15, 0.2) is 24.5 Å². The predicted molar refractivity (Wildman–Crippen MR) is 73.9 cm³/mol. The zero-order valence-electron chi connectivity index (χ0n) is 10.9. The molecule has 0 aliphatic carbocycles. The Labute approximate surface area is 121 Å². The number of hydrogen-bond donors (Lipinski definition) is 0. The van der Waals surface area contributed by atoms with Crippen molar-refractivity contribution in [2.75, 3.05) is 13.1 Å². The highest BCUT2D eigenvalue weighted by atomic mass is 35.5. The Morgan fingerprint density at radius 3 is 2.70 bits per heavy atom. The number of aromatic nitrogens is 4. The lowest BCUT2D eigenvalue weighted by atomic mass is 10.1. The Morgan fingerprint density at radius 1 is 1.20 bits per heavy atom. The molecule has 1 aromatic carbocycles. The van der Waals surface area contributed by atoms with Crippen molar-refractivity contribution in [1.29, 1.82) is 0 Å². The first-order valence-electron chi connectivity index (χ1n) is 6.58. The highest BCUT2D eigenvalue weighted by molar-refractivity contribution is 6.31. The lowest BCUT2D eigenvalue weighted by molar-refractivity contribution is 0.0724. The van der Waals surface area contributed by atoms with Gasteiger partial charge in [0.15, 0.2) is 0 Å². The lowest BCUT2D eigenvalue weighted by Crippen LogP contribution is -2.36. The van der Waals surface area contributed by atoms with Crippen molar-refractivity contribution in [2.45, 2.75) is 19.3 Å². The number of benzene rings is 1. The van der Waals surface area contributed by atoms with Gasteiger partial charge in [-0.1, -0.05) is 11.6 Å². The topological polar surface area (TPSA) is 63.9 Å².